The minimum Gasteiger partial charge on any atom is -0.478 e. The second-order valence-electron chi connectivity index (χ2n) is 4.33. The predicted molar refractivity (Wildman–Crippen MR) is 78.4 cm³/mol. The first-order chi connectivity index (χ1) is 9.95. The Labute approximate surface area is 127 Å². The molecule has 1 aliphatic heterocycles. The molecule has 0 fully saturated rings. The van der Waals surface area contributed by atoms with Crippen LogP contribution in [0.5, 0.6) is 0 Å². The Hall–Kier alpha value is -2.18. The van der Waals surface area contributed by atoms with Crippen molar-refractivity contribution >= 4 is 46.1 Å². The third kappa shape index (κ3) is 2.43. The lowest BCUT2D eigenvalue weighted by molar-refractivity contribution is -0.131. The Kier molecular flexibility index (Phi) is 3.27. The summed E-state index contributed by atoms with van der Waals surface area (Å²) in [5.41, 5.74) is 1.26. The van der Waals surface area contributed by atoms with Crippen LogP contribution in [0.4, 0.5) is 10.1 Å². The minimum atomic E-state index is -1.16. The van der Waals surface area contributed by atoms with Gasteiger partial charge in [-0.1, -0.05) is 11.6 Å². The first-order valence-electron chi connectivity index (χ1n) is 5.81. The molecule has 3 rings (SSSR count). The number of carboxylic acids is 1. The van der Waals surface area contributed by atoms with Crippen LogP contribution in [0.2, 0.25) is 4.34 Å². The molecule has 0 atom stereocenters. The molecule has 0 spiro atoms. The summed E-state index contributed by atoms with van der Waals surface area (Å²) in [6.45, 7) is 0. The summed E-state index contributed by atoms with van der Waals surface area (Å²) in [7, 11) is 0. The summed E-state index contributed by atoms with van der Waals surface area (Å²) >= 11 is 7.03. The van der Waals surface area contributed by atoms with Gasteiger partial charge in [-0.25, -0.2) is 9.18 Å². The second-order valence-corrected chi connectivity index (χ2v) is 6.02. The molecule has 7 heteroatoms. The number of hydrogen-bond acceptors (Lipinski definition) is 3. The molecule has 2 aromatic rings. The largest absolute Gasteiger partial charge is 0.478 e. The molecular weight excluding hydrogens is 317 g/mol. The number of carbonyl (C=O) groups is 2. The number of hydrogen-bond donors (Lipinski definition) is 2. The molecule has 4 nitrogen and oxygen atoms in total. The fourth-order valence-corrected chi connectivity index (χ4v) is 3.42. The van der Waals surface area contributed by atoms with Gasteiger partial charge in [-0.05, 0) is 24.3 Å². The van der Waals surface area contributed by atoms with Crippen LogP contribution in [0.15, 0.2) is 30.3 Å². The van der Waals surface area contributed by atoms with Gasteiger partial charge in [0.15, 0.2) is 0 Å². The van der Waals surface area contributed by atoms with E-state index in [-0.39, 0.29) is 11.3 Å². The monoisotopic (exact) mass is 323 g/mol. The summed E-state index contributed by atoms with van der Waals surface area (Å²) < 4.78 is 13.7. The maximum absolute atomic E-state index is 13.4. The van der Waals surface area contributed by atoms with E-state index >= 15 is 0 Å². The number of carbonyl (C=O) groups excluding carboxylic acids is 1. The number of anilines is 1. The molecule has 0 radical (unpaired) electrons. The van der Waals surface area contributed by atoms with Gasteiger partial charge in [-0.15, -0.1) is 11.3 Å². The van der Waals surface area contributed by atoms with Gasteiger partial charge >= 0.3 is 5.97 Å². The highest BCUT2D eigenvalue weighted by Gasteiger charge is 2.26. The normalized spacial score (nSPS) is 15.1. The molecule has 2 heterocycles. The van der Waals surface area contributed by atoms with Crippen molar-refractivity contribution in [1.29, 1.82) is 0 Å². The van der Waals surface area contributed by atoms with E-state index in [0.29, 0.717) is 20.4 Å². The molecule has 0 unspecified atom stereocenters. The van der Waals surface area contributed by atoms with Gasteiger partial charge in [-0.2, -0.15) is 0 Å². The van der Waals surface area contributed by atoms with Crippen LogP contribution in [-0.4, -0.2) is 17.0 Å². The standard InChI is InChI=1S/C14H7ClFNO3S/c15-11-4-9-13(21-11)8(5-12(18)19)7-2-1-6(16)3-10(7)17-14(9)20/h1-5H,(H,17,20)(H,18,19)/b8-5+. The van der Waals surface area contributed by atoms with Crippen molar-refractivity contribution in [2.75, 3.05) is 5.32 Å². The fraction of sp³-hybridized carbons (Fsp3) is 0. The zero-order chi connectivity index (χ0) is 15.1. The van der Waals surface area contributed by atoms with E-state index in [9.17, 15) is 14.0 Å². The fourth-order valence-electron chi connectivity index (χ4n) is 2.16. The maximum atomic E-state index is 13.4. The number of thiophene rings is 1. The van der Waals surface area contributed by atoms with Crippen LogP contribution >= 0.6 is 22.9 Å². The van der Waals surface area contributed by atoms with Crippen molar-refractivity contribution in [3.8, 4) is 0 Å². The first-order valence-corrected chi connectivity index (χ1v) is 7.01. The van der Waals surface area contributed by atoms with Crippen molar-refractivity contribution in [2.45, 2.75) is 0 Å². The molecule has 0 aliphatic carbocycles. The van der Waals surface area contributed by atoms with Crippen LogP contribution in [0.1, 0.15) is 20.8 Å². The van der Waals surface area contributed by atoms with Gasteiger partial charge in [-0.3, -0.25) is 4.79 Å². The van der Waals surface area contributed by atoms with Crippen LogP contribution in [0, 0.1) is 5.82 Å². The van der Waals surface area contributed by atoms with Crippen molar-refractivity contribution in [3.63, 3.8) is 0 Å². The zero-order valence-electron chi connectivity index (χ0n) is 10.3. The molecule has 0 saturated carbocycles. The average Bonchev–Trinajstić information content (AvgIpc) is 2.74. The molecule has 106 valence electrons. The first kappa shape index (κ1) is 13.8. The number of amides is 1. The minimum absolute atomic E-state index is 0.229. The van der Waals surface area contributed by atoms with Crippen LogP contribution in [0.3, 0.4) is 0 Å². The summed E-state index contributed by atoms with van der Waals surface area (Å²) in [6.07, 6.45) is 0.989. The molecular formula is C14H7ClFNO3S. The lowest BCUT2D eigenvalue weighted by Gasteiger charge is -2.08. The molecule has 1 aromatic heterocycles. The van der Waals surface area contributed by atoms with E-state index in [1.54, 1.807) is 0 Å². The van der Waals surface area contributed by atoms with E-state index in [1.165, 1.54) is 18.2 Å². The Morgan fingerprint density at radius 2 is 2.10 bits per heavy atom. The highest BCUT2D eigenvalue weighted by molar-refractivity contribution is 7.17. The predicted octanol–water partition coefficient (Wildman–Crippen LogP) is 3.62. The van der Waals surface area contributed by atoms with Crippen molar-refractivity contribution in [3.05, 3.63) is 56.5 Å². The number of carboxylic acid groups (broad SMARTS) is 1. The van der Waals surface area contributed by atoms with Gasteiger partial charge in [0.1, 0.15) is 5.82 Å². The summed E-state index contributed by atoms with van der Waals surface area (Å²) in [5, 5.41) is 11.6. The maximum Gasteiger partial charge on any atom is 0.328 e. The molecule has 21 heavy (non-hydrogen) atoms. The van der Waals surface area contributed by atoms with Crippen LogP contribution < -0.4 is 5.32 Å². The third-order valence-electron chi connectivity index (χ3n) is 2.98. The van der Waals surface area contributed by atoms with Gasteiger partial charge in [0.2, 0.25) is 0 Å². The number of rotatable bonds is 1. The number of halogens is 2. The summed E-state index contributed by atoms with van der Waals surface area (Å²) in [5.74, 6) is -2.13. The van der Waals surface area contributed by atoms with E-state index in [2.05, 4.69) is 5.32 Å². The zero-order valence-corrected chi connectivity index (χ0v) is 11.9. The average molecular weight is 324 g/mol. The molecule has 1 amide bonds. The van der Waals surface area contributed by atoms with E-state index < -0.39 is 17.7 Å². The number of fused-ring (bicyclic) bond motifs is 2. The van der Waals surface area contributed by atoms with E-state index in [1.807, 2.05) is 0 Å². The van der Waals surface area contributed by atoms with Crippen molar-refractivity contribution in [1.82, 2.24) is 0 Å². The van der Waals surface area contributed by atoms with Gasteiger partial charge in [0, 0.05) is 22.1 Å². The van der Waals surface area contributed by atoms with Crippen molar-refractivity contribution in [2.24, 2.45) is 0 Å². The summed E-state index contributed by atoms with van der Waals surface area (Å²) in [4.78, 5) is 23.7. The smallest absolute Gasteiger partial charge is 0.328 e. The second kappa shape index (κ2) is 4.98. The van der Waals surface area contributed by atoms with Crippen LogP contribution in [-0.2, 0) is 4.79 Å². The van der Waals surface area contributed by atoms with E-state index in [4.69, 9.17) is 16.7 Å². The third-order valence-corrected chi connectivity index (χ3v) is 4.28. The molecule has 1 aromatic carbocycles. The Morgan fingerprint density at radius 3 is 2.81 bits per heavy atom. The van der Waals surface area contributed by atoms with Gasteiger partial charge in [0.25, 0.3) is 5.91 Å². The van der Waals surface area contributed by atoms with Crippen molar-refractivity contribution < 1.29 is 19.1 Å². The Morgan fingerprint density at radius 1 is 1.33 bits per heavy atom. The van der Waals surface area contributed by atoms with Crippen LogP contribution in [0.25, 0.3) is 5.57 Å². The molecule has 2 N–H and O–H groups in total. The lowest BCUT2D eigenvalue weighted by atomic mass is 10.0. The molecule has 0 bridgehead atoms. The molecule has 0 saturated heterocycles. The lowest BCUT2D eigenvalue weighted by Crippen LogP contribution is -2.10. The van der Waals surface area contributed by atoms with E-state index in [0.717, 1.165) is 23.5 Å². The Bertz CT molecular complexity index is 813. The highest BCUT2D eigenvalue weighted by Crippen LogP contribution is 2.41. The number of nitrogens with one attached hydrogen (secondary N) is 1. The van der Waals surface area contributed by atoms with Gasteiger partial charge < -0.3 is 10.4 Å². The summed E-state index contributed by atoms with van der Waals surface area (Å²) in [6, 6.07) is 5.26. The number of benzene rings is 1. The Balaban J connectivity index is 2.34. The quantitative estimate of drug-likeness (QED) is 0.788. The highest BCUT2D eigenvalue weighted by atomic mass is 35.5. The number of aliphatic carboxylic acids is 1. The van der Waals surface area contributed by atoms with Gasteiger partial charge in [0.05, 0.1) is 15.6 Å². The topological polar surface area (TPSA) is 66.4 Å². The molecule has 1 aliphatic rings. The SMILES string of the molecule is O=C(O)/C=C1\c2ccc(F)cc2NC(=O)c2cc(Cl)sc21.